The number of nitrogens with zero attached hydrogens (tertiary/aromatic N) is 3. The van der Waals surface area contributed by atoms with Crippen molar-refractivity contribution in [1.29, 1.82) is 0 Å². The summed E-state index contributed by atoms with van der Waals surface area (Å²) in [4.78, 5) is 29.1. The van der Waals surface area contributed by atoms with Gasteiger partial charge in [-0.2, -0.15) is 9.78 Å². The van der Waals surface area contributed by atoms with Gasteiger partial charge in [0.25, 0.3) is 5.56 Å². The maximum atomic E-state index is 13.1. The van der Waals surface area contributed by atoms with Gasteiger partial charge < -0.3 is 4.74 Å². The molecule has 0 N–H and O–H groups in total. The number of benzene rings is 2. The first-order valence-electron chi connectivity index (χ1n) is 8.94. The quantitative estimate of drug-likeness (QED) is 0.332. The Bertz CT molecular complexity index is 1120. The summed E-state index contributed by atoms with van der Waals surface area (Å²) >= 11 is 3.40. The van der Waals surface area contributed by atoms with Crippen molar-refractivity contribution in [3.8, 4) is 5.75 Å². The zero-order valence-corrected chi connectivity index (χ0v) is 17.4. The smallest absolute Gasteiger partial charge is 0.308 e. The second-order valence-electron chi connectivity index (χ2n) is 6.43. The van der Waals surface area contributed by atoms with Gasteiger partial charge in [0.15, 0.2) is 0 Å². The van der Waals surface area contributed by atoms with Crippen LogP contribution in [0.3, 0.4) is 0 Å². The van der Waals surface area contributed by atoms with Crippen LogP contribution in [0.1, 0.15) is 44.5 Å². The molecule has 1 atom stereocenters. The highest BCUT2D eigenvalue weighted by atomic mass is 79.9. The van der Waals surface area contributed by atoms with Crippen LogP contribution >= 0.6 is 15.9 Å². The Balaban J connectivity index is 2.17. The van der Waals surface area contributed by atoms with Crippen LogP contribution in [-0.4, -0.2) is 21.8 Å². The molecule has 2 aromatic carbocycles. The molecule has 1 heterocycles. The van der Waals surface area contributed by atoms with Gasteiger partial charge in [-0.1, -0.05) is 41.9 Å². The Morgan fingerprint density at radius 3 is 2.79 bits per heavy atom. The van der Waals surface area contributed by atoms with E-state index in [0.29, 0.717) is 28.0 Å². The summed E-state index contributed by atoms with van der Waals surface area (Å²) in [6, 6.07) is 12.4. The molecular formula is C21H20BrN3O3. The summed E-state index contributed by atoms with van der Waals surface area (Å²) in [5.74, 6) is 0.592. The van der Waals surface area contributed by atoms with Gasteiger partial charge >= 0.3 is 5.97 Å². The maximum Gasteiger partial charge on any atom is 0.308 e. The third-order valence-corrected chi connectivity index (χ3v) is 4.86. The fourth-order valence-electron chi connectivity index (χ4n) is 2.73. The molecule has 6 nitrogen and oxygen atoms in total. The van der Waals surface area contributed by atoms with Crippen LogP contribution in [0, 0.1) is 0 Å². The zero-order valence-electron chi connectivity index (χ0n) is 15.8. The number of hydrogen-bond donors (Lipinski definition) is 0. The van der Waals surface area contributed by atoms with E-state index in [9.17, 15) is 9.59 Å². The van der Waals surface area contributed by atoms with Crippen molar-refractivity contribution in [3.05, 3.63) is 68.7 Å². The van der Waals surface area contributed by atoms with Crippen molar-refractivity contribution in [1.82, 2.24) is 9.66 Å². The molecular weight excluding hydrogens is 422 g/mol. The number of para-hydroxylation sites is 1. The first-order valence-corrected chi connectivity index (χ1v) is 9.74. The Hall–Kier alpha value is -2.80. The van der Waals surface area contributed by atoms with Crippen molar-refractivity contribution >= 4 is 39.0 Å². The Morgan fingerprint density at radius 1 is 1.32 bits per heavy atom. The number of halogens is 1. The van der Waals surface area contributed by atoms with Crippen LogP contribution in [0.25, 0.3) is 10.9 Å². The van der Waals surface area contributed by atoms with Crippen molar-refractivity contribution in [3.63, 3.8) is 0 Å². The average Bonchev–Trinajstić information content (AvgIpc) is 2.67. The molecule has 3 aromatic rings. The molecule has 144 valence electrons. The van der Waals surface area contributed by atoms with Gasteiger partial charge in [-0.25, -0.2) is 4.98 Å². The molecule has 0 spiro atoms. The Kier molecular flexibility index (Phi) is 6.04. The average molecular weight is 442 g/mol. The summed E-state index contributed by atoms with van der Waals surface area (Å²) in [6.45, 7) is 5.38. The fraction of sp³-hybridized carbons (Fsp3) is 0.238. The number of carbonyl (C=O) groups is 1. The van der Waals surface area contributed by atoms with Crippen LogP contribution < -0.4 is 10.3 Å². The van der Waals surface area contributed by atoms with Gasteiger partial charge in [0, 0.05) is 22.9 Å². The summed E-state index contributed by atoms with van der Waals surface area (Å²) in [5.41, 5.74) is 0.979. The molecule has 0 aliphatic carbocycles. The number of aromatic nitrogens is 2. The Morgan fingerprint density at radius 2 is 2.07 bits per heavy atom. The van der Waals surface area contributed by atoms with Crippen LogP contribution in [0.5, 0.6) is 5.75 Å². The van der Waals surface area contributed by atoms with Crippen LogP contribution in [0.2, 0.25) is 0 Å². The number of rotatable bonds is 5. The molecule has 0 aliphatic heterocycles. The molecule has 0 saturated carbocycles. The van der Waals surface area contributed by atoms with Crippen molar-refractivity contribution < 1.29 is 9.53 Å². The third kappa shape index (κ3) is 4.20. The van der Waals surface area contributed by atoms with E-state index in [2.05, 4.69) is 26.0 Å². The van der Waals surface area contributed by atoms with Crippen molar-refractivity contribution in [2.75, 3.05) is 0 Å². The normalized spacial score (nSPS) is 12.4. The van der Waals surface area contributed by atoms with Gasteiger partial charge in [0.05, 0.1) is 17.1 Å². The minimum Gasteiger partial charge on any atom is -0.426 e. The number of carbonyl (C=O) groups excluding carboxylic acids is 1. The highest BCUT2D eigenvalue weighted by molar-refractivity contribution is 9.10. The molecule has 0 bridgehead atoms. The number of fused-ring (bicyclic) bond motifs is 1. The molecule has 0 fully saturated rings. The molecule has 7 heteroatoms. The van der Waals surface area contributed by atoms with E-state index in [1.165, 1.54) is 17.8 Å². The van der Waals surface area contributed by atoms with E-state index in [4.69, 9.17) is 4.74 Å². The third-order valence-electron chi connectivity index (χ3n) is 4.37. The monoisotopic (exact) mass is 441 g/mol. The standard InChI is InChI=1S/C21H20BrN3O3/c1-4-13(2)20-24-18-10-9-16(22)11-17(18)21(27)25(20)23-12-15-7-5-6-8-19(15)28-14(3)26/h5-13H,4H2,1-3H3/t13-/m0/s1. The van der Waals surface area contributed by atoms with Gasteiger partial charge in [0.2, 0.25) is 0 Å². The van der Waals surface area contributed by atoms with E-state index in [1.54, 1.807) is 24.3 Å². The number of hydrogen-bond acceptors (Lipinski definition) is 5. The molecule has 0 amide bonds. The van der Waals surface area contributed by atoms with Crippen molar-refractivity contribution in [2.45, 2.75) is 33.1 Å². The van der Waals surface area contributed by atoms with E-state index in [-0.39, 0.29) is 11.5 Å². The summed E-state index contributed by atoms with van der Waals surface area (Å²) in [6.07, 6.45) is 2.32. The minimum atomic E-state index is -0.421. The van der Waals surface area contributed by atoms with E-state index in [1.807, 2.05) is 32.0 Å². The summed E-state index contributed by atoms with van der Waals surface area (Å²) in [5, 5.41) is 4.88. The molecule has 0 unspecified atom stereocenters. The predicted molar refractivity (Wildman–Crippen MR) is 113 cm³/mol. The van der Waals surface area contributed by atoms with Crippen LogP contribution in [-0.2, 0) is 4.79 Å². The topological polar surface area (TPSA) is 73.6 Å². The predicted octanol–water partition coefficient (Wildman–Crippen LogP) is 4.48. The first kappa shape index (κ1) is 19.9. The largest absolute Gasteiger partial charge is 0.426 e. The summed E-state index contributed by atoms with van der Waals surface area (Å²) < 4.78 is 7.33. The molecule has 0 aliphatic rings. The first-order chi connectivity index (χ1) is 13.4. The molecule has 1 aromatic heterocycles. The number of esters is 1. The van der Waals surface area contributed by atoms with Gasteiger partial charge in [-0.15, -0.1) is 0 Å². The van der Waals surface area contributed by atoms with E-state index in [0.717, 1.165) is 10.9 Å². The van der Waals surface area contributed by atoms with E-state index >= 15 is 0 Å². The van der Waals surface area contributed by atoms with Gasteiger partial charge in [0.1, 0.15) is 11.6 Å². The maximum absolute atomic E-state index is 13.1. The lowest BCUT2D eigenvalue weighted by atomic mass is 10.1. The van der Waals surface area contributed by atoms with Crippen molar-refractivity contribution in [2.24, 2.45) is 5.10 Å². The lowest BCUT2D eigenvalue weighted by molar-refractivity contribution is -0.131. The highest BCUT2D eigenvalue weighted by Crippen LogP contribution is 2.21. The minimum absolute atomic E-state index is 0.0432. The van der Waals surface area contributed by atoms with Gasteiger partial charge in [-0.05, 0) is 36.8 Å². The van der Waals surface area contributed by atoms with Crippen LogP contribution in [0.4, 0.5) is 0 Å². The molecule has 28 heavy (non-hydrogen) atoms. The van der Waals surface area contributed by atoms with Crippen LogP contribution in [0.15, 0.2) is 56.8 Å². The van der Waals surface area contributed by atoms with Gasteiger partial charge in [-0.3, -0.25) is 9.59 Å². The zero-order chi connectivity index (χ0) is 20.3. The second-order valence-corrected chi connectivity index (χ2v) is 7.35. The number of ether oxygens (including phenoxy) is 1. The van der Waals surface area contributed by atoms with E-state index < -0.39 is 5.97 Å². The lowest BCUT2D eigenvalue weighted by Gasteiger charge is -2.14. The molecule has 3 rings (SSSR count). The second kappa shape index (κ2) is 8.48. The molecule has 0 saturated heterocycles. The Labute approximate surface area is 171 Å². The molecule has 0 radical (unpaired) electrons. The SMILES string of the molecule is CC[C@H](C)c1nc2ccc(Br)cc2c(=O)n1N=Cc1ccccc1OC(C)=O. The lowest BCUT2D eigenvalue weighted by Crippen LogP contribution is -2.23. The fourth-order valence-corrected chi connectivity index (χ4v) is 3.10. The summed E-state index contributed by atoms with van der Waals surface area (Å²) in [7, 11) is 0. The highest BCUT2D eigenvalue weighted by Gasteiger charge is 2.15.